The van der Waals surface area contributed by atoms with Crippen molar-refractivity contribution in [3.05, 3.63) is 94.4 Å². The molecular weight excluding hydrogens is 741 g/mol. The molecule has 3 heterocycles. The zero-order valence-corrected chi connectivity index (χ0v) is 33.3. The lowest BCUT2D eigenvalue weighted by atomic mass is 10.0. The molecule has 15 heteroatoms. The van der Waals surface area contributed by atoms with Gasteiger partial charge < -0.3 is 39.6 Å². The fraction of sp³-hybridized carbons (Fsp3) is 0.476. The van der Waals surface area contributed by atoms with Crippen LogP contribution in [0.5, 0.6) is 5.75 Å². The van der Waals surface area contributed by atoms with E-state index in [9.17, 15) is 18.0 Å². The summed E-state index contributed by atoms with van der Waals surface area (Å²) in [5.41, 5.74) is 7.83. The highest BCUT2D eigenvalue weighted by Crippen LogP contribution is 2.35. The van der Waals surface area contributed by atoms with Gasteiger partial charge in [0.15, 0.2) is 0 Å². The number of aromatic nitrogens is 2. The van der Waals surface area contributed by atoms with Gasteiger partial charge in [0.25, 0.3) is 5.91 Å². The van der Waals surface area contributed by atoms with E-state index in [1.165, 1.54) is 12.1 Å². The first-order valence-electron chi connectivity index (χ1n) is 19.3. The summed E-state index contributed by atoms with van der Waals surface area (Å²) in [6.07, 6.45) is -1.11. The minimum atomic E-state index is -4.56. The Labute approximate surface area is 333 Å². The SMILES string of the molecule is CC.Cc1ccc(C(=O)Nc2ccc(CN3CCN(C)CC3)c(C(F)(F)F)c2)cc1C#Cc1cnc2cc(OCCOCCOCCOCCOCCN)ccn12. The van der Waals surface area contributed by atoms with Gasteiger partial charge in [0.1, 0.15) is 23.7 Å². The predicted molar refractivity (Wildman–Crippen MR) is 214 cm³/mol. The van der Waals surface area contributed by atoms with E-state index in [2.05, 4.69) is 27.0 Å². The van der Waals surface area contributed by atoms with E-state index in [1.807, 2.05) is 49.4 Å². The number of carbonyl (C=O) groups excluding carboxylic acids is 1. The molecule has 4 aromatic rings. The molecule has 310 valence electrons. The number of ether oxygens (including phenoxy) is 5. The summed E-state index contributed by atoms with van der Waals surface area (Å²) < 4.78 is 71.6. The molecule has 57 heavy (non-hydrogen) atoms. The first-order valence-corrected chi connectivity index (χ1v) is 19.3. The van der Waals surface area contributed by atoms with Crippen LogP contribution in [0.1, 0.15) is 52.2 Å². The third-order valence-electron chi connectivity index (χ3n) is 8.85. The number of piperazine rings is 1. The highest BCUT2D eigenvalue weighted by Gasteiger charge is 2.34. The van der Waals surface area contributed by atoms with Crippen LogP contribution >= 0.6 is 0 Å². The molecule has 3 N–H and O–H groups in total. The molecule has 12 nitrogen and oxygen atoms in total. The van der Waals surface area contributed by atoms with Crippen LogP contribution in [0, 0.1) is 18.8 Å². The molecule has 1 aliphatic heterocycles. The maximum absolute atomic E-state index is 14.1. The lowest BCUT2D eigenvalue weighted by Gasteiger charge is -2.33. The molecule has 0 saturated carbocycles. The number of nitrogens with two attached hydrogens (primary N) is 1. The first kappa shape index (κ1) is 45.2. The number of aryl methyl sites for hydroxylation is 1. The van der Waals surface area contributed by atoms with Crippen LogP contribution in [0.3, 0.4) is 0 Å². The summed E-state index contributed by atoms with van der Waals surface area (Å²) in [7, 11) is 2.00. The third kappa shape index (κ3) is 14.7. The highest BCUT2D eigenvalue weighted by molar-refractivity contribution is 6.04. The van der Waals surface area contributed by atoms with E-state index in [0.717, 1.165) is 24.7 Å². The van der Waals surface area contributed by atoms with Gasteiger partial charge in [-0.3, -0.25) is 14.1 Å². The molecule has 0 bridgehead atoms. The van der Waals surface area contributed by atoms with Crippen LogP contribution in [0.15, 0.2) is 60.9 Å². The van der Waals surface area contributed by atoms with Gasteiger partial charge in [0, 0.05) is 68.3 Å². The van der Waals surface area contributed by atoms with Crippen LogP contribution in [0.4, 0.5) is 18.9 Å². The van der Waals surface area contributed by atoms with Crippen molar-refractivity contribution in [3.8, 4) is 17.6 Å². The second-order valence-corrected chi connectivity index (χ2v) is 13.0. The van der Waals surface area contributed by atoms with E-state index in [1.54, 1.807) is 30.5 Å². The molecule has 1 aliphatic rings. The zero-order chi connectivity index (χ0) is 41.0. The van der Waals surface area contributed by atoms with Gasteiger partial charge in [0.05, 0.1) is 64.6 Å². The molecule has 0 unspecified atom stereocenters. The molecule has 1 fully saturated rings. The Kier molecular flexibility index (Phi) is 18.7. The fourth-order valence-electron chi connectivity index (χ4n) is 5.74. The summed E-state index contributed by atoms with van der Waals surface area (Å²) >= 11 is 0. The molecule has 0 spiro atoms. The van der Waals surface area contributed by atoms with Crippen molar-refractivity contribution in [2.75, 3.05) is 105 Å². The molecule has 1 amide bonds. The van der Waals surface area contributed by atoms with Crippen molar-refractivity contribution in [3.63, 3.8) is 0 Å². The molecule has 0 atom stereocenters. The number of pyridine rings is 1. The second-order valence-electron chi connectivity index (χ2n) is 13.0. The van der Waals surface area contributed by atoms with Gasteiger partial charge in [-0.05, 0) is 61.4 Å². The zero-order valence-electron chi connectivity index (χ0n) is 33.3. The topological polar surface area (TPSA) is 125 Å². The number of amides is 1. The van der Waals surface area contributed by atoms with Crippen molar-refractivity contribution in [1.29, 1.82) is 0 Å². The van der Waals surface area contributed by atoms with Crippen LogP contribution in [0.25, 0.3) is 5.65 Å². The van der Waals surface area contributed by atoms with E-state index in [0.29, 0.717) is 102 Å². The quantitative estimate of drug-likeness (QED) is 0.0931. The van der Waals surface area contributed by atoms with Gasteiger partial charge in [-0.25, -0.2) is 4.98 Å². The number of hydrogen-bond acceptors (Lipinski definition) is 10. The third-order valence-corrected chi connectivity index (χ3v) is 8.85. The Bertz CT molecular complexity index is 1900. The number of anilines is 1. The van der Waals surface area contributed by atoms with E-state index in [-0.39, 0.29) is 23.4 Å². The Balaban J connectivity index is 0.00000354. The molecule has 2 aromatic heterocycles. The summed E-state index contributed by atoms with van der Waals surface area (Å²) in [6, 6.07) is 12.6. The number of alkyl halides is 3. The standard InChI is InChI=1S/C40H49F3N6O6.C2H6/c1-30-3-4-32(39(50)46-34-7-5-33(37(26-34)40(41,42)43)29-48-14-12-47(2)13-15-48)25-31(30)6-8-35-28-45-38-27-36(9-11-49(35)38)55-24-23-54-22-21-53-20-19-52-18-17-51-16-10-44;1-2/h3-5,7,9,11,25-28H,10,12-24,29,44H2,1-2H3,(H,46,50);1-2H3. The summed E-state index contributed by atoms with van der Waals surface area (Å²) in [5.74, 6) is 6.34. The maximum Gasteiger partial charge on any atom is 0.416 e. The number of nitrogens with zero attached hydrogens (tertiary/aromatic N) is 4. The Morgan fingerprint density at radius 1 is 0.842 bits per heavy atom. The first-order chi connectivity index (χ1) is 27.6. The number of imidazole rings is 1. The number of benzene rings is 2. The smallest absolute Gasteiger partial charge is 0.416 e. The van der Waals surface area contributed by atoms with Crippen molar-refractivity contribution < 1.29 is 41.7 Å². The van der Waals surface area contributed by atoms with Gasteiger partial charge in [-0.15, -0.1) is 0 Å². The Morgan fingerprint density at radius 3 is 2.14 bits per heavy atom. The minimum absolute atomic E-state index is 0.0679. The summed E-state index contributed by atoms with van der Waals surface area (Å²) in [4.78, 5) is 21.8. The number of rotatable bonds is 19. The lowest BCUT2D eigenvalue weighted by molar-refractivity contribution is -0.138. The molecule has 5 rings (SSSR count). The predicted octanol–water partition coefficient (Wildman–Crippen LogP) is 5.49. The number of nitrogens with one attached hydrogen (secondary N) is 1. The Hall–Kier alpha value is -4.53. The van der Waals surface area contributed by atoms with Crippen LogP contribution in [0.2, 0.25) is 0 Å². The van der Waals surface area contributed by atoms with E-state index < -0.39 is 17.6 Å². The number of halogens is 3. The van der Waals surface area contributed by atoms with Gasteiger partial charge in [-0.2, -0.15) is 13.2 Å². The Morgan fingerprint density at radius 2 is 1.49 bits per heavy atom. The average Bonchev–Trinajstić information content (AvgIpc) is 3.61. The summed E-state index contributed by atoms with van der Waals surface area (Å²) in [5, 5.41) is 2.64. The monoisotopic (exact) mass is 796 g/mol. The van der Waals surface area contributed by atoms with Crippen LogP contribution < -0.4 is 15.8 Å². The number of hydrogen-bond donors (Lipinski definition) is 2. The molecule has 0 radical (unpaired) electrons. The maximum atomic E-state index is 14.1. The van der Waals surface area contributed by atoms with Gasteiger partial charge in [0.2, 0.25) is 0 Å². The average molecular weight is 797 g/mol. The highest BCUT2D eigenvalue weighted by atomic mass is 19.4. The fourth-order valence-corrected chi connectivity index (χ4v) is 5.74. The largest absolute Gasteiger partial charge is 0.491 e. The van der Waals surface area contributed by atoms with Gasteiger partial charge >= 0.3 is 6.18 Å². The molecule has 0 aliphatic carbocycles. The number of fused-ring (bicyclic) bond motifs is 1. The number of likely N-dealkylation sites (N-methyl/N-ethyl adjacent to an activating group) is 1. The van der Waals surface area contributed by atoms with E-state index >= 15 is 0 Å². The molecule has 2 aromatic carbocycles. The van der Waals surface area contributed by atoms with Crippen molar-refractivity contribution in [2.24, 2.45) is 5.73 Å². The normalized spacial score (nSPS) is 13.5. The van der Waals surface area contributed by atoms with E-state index in [4.69, 9.17) is 29.4 Å². The molecule has 1 saturated heterocycles. The van der Waals surface area contributed by atoms with Crippen molar-refractivity contribution in [1.82, 2.24) is 19.2 Å². The second kappa shape index (κ2) is 23.6. The minimum Gasteiger partial charge on any atom is -0.491 e. The van der Waals surface area contributed by atoms with Crippen LogP contribution in [-0.2, 0) is 31.7 Å². The molecular formula is C42H55F3N6O6. The van der Waals surface area contributed by atoms with Crippen molar-refractivity contribution >= 4 is 17.2 Å². The number of carbonyl (C=O) groups is 1. The summed E-state index contributed by atoms with van der Waals surface area (Å²) in [6.45, 7) is 13.7. The van der Waals surface area contributed by atoms with Crippen molar-refractivity contribution in [2.45, 2.75) is 33.5 Å². The van der Waals surface area contributed by atoms with Gasteiger partial charge in [-0.1, -0.05) is 31.9 Å². The van der Waals surface area contributed by atoms with Crippen LogP contribution in [-0.4, -0.2) is 124 Å². The lowest BCUT2D eigenvalue weighted by Crippen LogP contribution is -2.44.